The van der Waals surface area contributed by atoms with Crippen molar-refractivity contribution in [3.63, 3.8) is 0 Å². The van der Waals surface area contributed by atoms with E-state index in [-0.39, 0.29) is 11.9 Å². The molecular weight excluding hydrogens is 322 g/mol. The van der Waals surface area contributed by atoms with Crippen molar-refractivity contribution < 1.29 is 9.59 Å². The highest BCUT2D eigenvalue weighted by Gasteiger charge is 2.37. The van der Waals surface area contributed by atoms with E-state index < -0.39 is 5.91 Å². The second-order valence-electron chi connectivity index (χ2n) is 6.52. The SMILES string of the molecule is O=C1C(=O)N(C2CCCC2)CCN1Cc1ccc(N2N=CCN2)nn1. The number of hydrazine groups is 1. The van der Waals surface area contributed by atoms with Gasteiger partial charge in [0.2, 0.25) is 0 Å². The number of nitrogens with zero attached hydrogens (tertiary/aromatic N) is 6. The van der Waals surface area contributed by atoms with Crippen LogP contribution in [0.3, 0.4) is 0 Å². The smallest absolute Gasteiger partial charge is 0.312 e. The monoisotopic (exact) mass is 343 g/mol. The third-order valence-corrected chi connectivity index (χ3v) is 4.91. The lowest BCUT2D eigenvalue weighted by atomic mass is 10.1. The lowest BCUT2D eigenvalue weighted by Crippen LogP contribution is -2.56. The zero-order valence-electron chi connectivity index (χ0n) is 14.0. The summed E-state index contributed by atoms with van der Waals surface area (Å²) in [4.78, 5) is 28.2. The quantitative estimate of drug-likeness (QED) is 0.768. The Labute approximate surface area is 145 Å². The number of hydrazone groups is 1. The van der Waals surface area contributed by atoms with Gasteiger partial charge in [-0.25, -0.2) is 5.43 Å². The van der Waals surface area contributed by atoms with E-state index >= 15 is 0 Å². The molecule has 9 heteroatoms. The highest BCUT2D eigenvalue weighted by Crippen LogP contribution is 2.25. The molecule has 3 heterocycles. The maximum atomic E-state index is 12.4. The number of nitrogens with one attached hydrogen (secondary N) is 1. The topological polar surface area (TPSA) is 94.0 Å². The molecule has 0 aromatic carbocycles. The van der Waals surface area contributed by atoms with Crippen molar-refractivity contribution in [1.29, 1.82) is 0 Å². The molecule has 0 spiro atoms. The third kappa shape index (κ3) is 3.19. The predicted molar refractivity (Wildman–Crippen MR) is 90.4 cm³/mol. The van der Waals surface area contributed by atoms with Crippen molar-refractivity contribution in [2.45, 2.75) is 38.3 Å². The van der Waals surface area contributed by atoms with E-state index in [0.29, 0.717) is 37.7 Å². The number of anilines is 1. The van der Waals surface area contributed by atoms with Gasteiger partial charge in [0.15, 0.2) is 5.82 Å². The molecule has 2 amide bonds. The zero-order chi connectivity index (χ0) is 17.2. The number of aromatic nitrogens is 2. The highest BCUT2D eigenvalue weighted by molar-refractivity contribution is 6.35. The van der Waals surface area contributed by atoms with Gasteiger partial charge in [-0.15, -0.1) is 5.10 Å². The Morgan fingerprint density at radius 1 is 1.08 bits per heavy atom. The minimum atomic E-state index is -0.435. The molecule has 2 aliphatic heterocycles. The van der Waals surface area contributed by atoms with E-state index in [4.69, 9.17) is 0 Å². The van der Waals surface area contributed by atoms with Gasteiger partial charge in [0, 0.05) is 25.3 Å². The van der Waals surface area contributed by atoms with Gasteiger partial charge in [-0.1, -0.05) is 12.8 Å². The molecule has 1 saturated carbocycles. The normalized spacial score (nSPS) is 21.7. The molecule has 0 atom stereocenters. The summed E-state index contributed by atoms with van der Waals surface area (Å²) in [5.74, 6) is -0.223. The molecule has 0 bridgehead atoms. The number of carbonyl (C=O) groups is 2. The van der Waals surface area contributed by atoms with E-state index in [2.05, 4.69) is 20.7 Å². The second kappa shape index (κ2) is 6.75. The first-order valence-electron chi connectivity index (χ1n) is 8.71. The van der Waals surface area contributed by atoms with Gasteiger partial charge in [-0.3, -0.25) is 9.59 Å². The summed E-state index contributed by atoms with van der Waals surface area (Å²) in [5.41, 5.74) is 3.67. The summed E-state index contributed by atoms with van der Waals surface area (Å²) in [6.45, 7) is 2.11. The van der Waals surface area contributed by atoms with Crippen LogP contribution in [0.5, 0.6) is 0 Å². The van der Waals surface area contributed by atoms with Crippen molar-refractivity contribution in [3.05, 3.63) is 17.8 Å². The summed E-state index contributed by atoms with van der Waals surface area (Å²) in [6, 6.07) is 3.84. The summed E-state index contributed by atoms with van der Waals surface area (Å²) < 4.78 is 0. The zero-order valence-corrected chi connectivity index (χ0v) is 14.0. The first-order valence-corrected chi connectivity index (χ1v) is 8.71. The number of rotatable bonds is 4. The van der Waals surface area contributed by atoms with E-state index in [0.717, 1.165) is 25.7 Å². The average Bonchev–Trinajstić information content (AvgIpc) is 3.33. The Bertz CT molecular complexity index is 684. The van der Waals surface area contributed by atoms with Gasteiger partial charge in [0.25, 0.3) is 0 Å². The van der Waals surface area contributed by atoms with Gasteiger partial charge in [-0.05, 0) is 25.0 Å². The molecular formula is C16H21N7O2. The molecule has 2 fully saturated rings. The number of amides is 2. The summed E-state index contributed by atoms with van der Waals surface area (Å²) in [5, 5.41) is 13.9. The average molecular weight is 343 g/mol. The first-order chi connectivity index (χ1) is 12.2. The molecule has 0 unspecified atom stereocenters. The Morgan fingerprint density at radius 3 is 2.60 bits per heavy atom. The van der Waals surface area contributed by atoms with Crippen LogP contribution < -0.4 is 10.5 Å². The molecule has 25 heavy (non-hydrogen) atoms. The van der Waals surface area contributed by atoms with Gasteiger partial charge in [0.05, 0.1) is 18.8 Å². The minimum absolute atomic E-state index is 0.242. The molecule has 4 rings (SSSR count). The van der Waals surface area contributed by atoms with Gasteiger partial charge in [-0.2, -0.15) is 15.3 Å². The van der Waals surface area contributed by atoms with Crippen LogP contribution in [0.4, 0.5) is 5.82 Å². The molecule has 132 valence electrons. The summed E-state index contributed by atoms with van der Waals surface area (Å²) in [7, 11) is 0. The molecule has 1 saturated heterocycles. The molecule has 1 N–H and O–H groups in total. The van der Waals surface area contributed by atoms with Crippen LogP contribution in [0.2, 0.25) is 0 Å². The molecule has 3 aliphatic rings. The molecule has 0 radical (unpaired) electrons. The second-order valence-corrected chi connectivity index (χ2v) is 6.52. The highest BCUT2D eigenvalue weighted by atomic mass is 16.2. The van der Waals surface area contributed by atoms with Gasteiger partial charge < -0.3 is 9.80 Å². The van der Waals surface area contributed by atoms with Crippen molar-refractivity contribution in [3.8, 4) is 0 Å². The van der Waals surface area contributed by atoms with Crippen molar-refractivity contribution in [2.75, 3.05) is 24.8 Å². The number of hydrogen-bond donors (Lipinski definition) is 1. The molecule has 9 nitrogen and oxygen atoms in total. The van der Waals surface area contributed by atoms with Crippen molar-refractivity contribution >= 4 is 23.8 Å². The molecule has 1 aromatic rings. The fourth-order valence-corrected chi connectivity index (χ4v) is 3.58. The Kier molecular flexibility index (Phi) is 4.31. The standard InChI is InChI=1S/C16H21N7O2/c24-15-16(25)22(13-3-1-2-4-13)10-9-21(15)11-12-5-6-14(20-19-12)23-17-7-8-18-23/h5-7,13,18H,1-4,8-11H2. The summed E-state index contributed by atoms with van der Waals surface area (Å²) >= 11 is 0. The van der Waals surface area contributed by atoms with E-state index in [1.165, 1.54) is 0 Å². The molecule has 1 aliphatic carbocycles. The lowest BCUT2D eigenvalue weighted by molar-refractivity contribution is -0.158. The van der Waals surface area contributed by atoms with Crippen molar-refractivity contribution in [2.24, 2.45) is 5.10 Å². The van der Waals surface area contributed by atoms with Crippen LogP contribution in [0.25, 0.3) is 0 Å². The van der Waals surface area contributed by atoms with Crippen LogP contribution in [0.15, 0.2) is 17.2 Å². The third-order valence-electron chi connectivity index (χ3n) is 4.91. The van der Waals surface area contributed by atoms with Crippen molar-refractivity contribution in [1.82, 2.24) is 25.4 Å². The number of hydrogen-bond acceptors (Lipinski definition) is 7. The maximum absolute atomic E-state index is 12.4. The van der Waals surface area contributed by atoms with E-state index in [9.17, 15) is 9.59 Å². The van der Waals surface area contributed by atoms with Gasteiger partial charge >= 0.3 is 11.8 Å². The summed E-state index contributed by atoms with van der Waals surface area (Å²) in [6.07, 6.45) is 6.05. The fraction of sp³-hybridized carbons (Fsp3) is 0.562. The van der Waals surface area contributed by atoms with Crippen LogP contribution in [0.1, 0.15) is 31.4 Å². The van der Waals surface area contributed by atoms with E-state index in [1.54, 1.807) is 33.3 Å². The largest absolute Gasteiger partial charge is 0.330 e. The van der Waals surface area contributed by atoms with Gasteiger partial charge in [0.1, 0.15) is 0 Å². The minimum Gasteiger partial charge on any atom is -0.330 e. The number of piperazine rings is 1. The van der Waals surface area contributed by atoms with Crippen LogP contribution in [0, 0.1) is 0 Å². The van der Waals surface area contributed by atoms with Crippen LogP contribution in [-0.4, -0.2) is 63.7 Å². The predicted octanol–water partition coefficient (Wildman–Crippen LogP) is -0.0996. The van der Waals surface area contributed by atoms with E-state index in [1.807, 2.05) is 0 Å². The maximum Gasteiger partial charge on any atom is 0.312 e. The lowest BCUT2D eigenvalue weighted by Gasteiger charge is -2.36. The Balaban J connectivity index is 1.38. The Morgan fingerprint density at radius 2 is 1.92 bits per heavy atom. The van der Waals surface area contributed by atoms with Crippen LogP contribution in [-0.2, 0) is 16.1 Å². The van der Waals surface area contributed by atoms with Crippen LogP contribution >= 0.6 is 0 Å². The first kappa shape index (κ1) is 15.9. The number of carbonyl (C=O) groups excluding carboxylic acids is 2. The fourth-order valence-electron chi connectivity index (χ4n) is 3.58. The molecule has 1 aromatic heterocycles. The Hall–Kier alpha value is -2.55.